The van der Waals surface area contributed by atoms with Gasteiger partial charge < -0.3 is 10.1 Å². The number of hydrogen-bond donors (Lipinski definition) is 1. The van der Waals surface area contributed by atoms with E-state index in [1.165, 1.54) is 6.08 Å². The Morgan fingerprint density at radius 3 is 2.60 bits per heavy atom. The van der Waals surface area contributed by atoms with Crippen LogP contribution in [0.3, 0.4) is 0 Å². The molecule has 108 valence electrons. The number of amides is 1. The summed E-state index contributed by atoms with van der Waals surface area (Å²) in [7, 11) is -1.38. The Bertz CT molecular complexity index is 605. The Hall–Kier alpha value is -1.82. The third kappa shape index (κ3) is 4.09. The second-order valence-electron chi connectivity index (χ2n) is 4.72. The molecule has 20 heavy (non-hydrogen) atoms. The molecule has 0 radical (unpaired) electrons. The minimum atomic E-state index is -2.97. The van der Waals surface area contributed by atoms with Gasteiger partial charge in [-0.2, -0.15) is 0 Å². The normalized spacial score (nSPS) is 20.9. The molecule has 1 amide bonds. The van der Waals surface area contributed by atoms with Crippen LogP contribution in [0, 0.1) is 0 Å². The van der Waals surface area contributed by atoms with Crippen LogP contribution in [0.15, 0.2) is 30.3 Å². The van der Waals surface area contributed by atoms with E-state index in [0.29, 0.717) is 6.42 Å². The molecular weight excluding hydrogens is 278 g/mol. The van der Waals surface area contributed by atoms with Crippen LogP contribution in [0.25, 0.3) is 6.08 Å². The predicted octanol–water partition coefficient (Wildman–Crippen LogP) is 1.01. The van der Waals surface area contributed by atoms with Gasteiger partial charge in [0, 0.05) is 12.1 Å². The van der Waals surface area contributed by atoms with Gasteiger partial charge in [-0.1, -0.05) is 12.1 Å². The van der Waals surface area contributed by atoms with Crippen molar-refractivity contribution in [3.8, 4) is 5.75 Å². The number of methoxy groups -OCH3 is 1. The van der Waals surface area contributed by atoms with Crippen molar-refractivity contribution in [2.45, 2.75) is 12.5 Å². The molecule has 1 aliphatic heterocycles. The zero-order valence-corrected chi connectivity index (χ0v) is 12.0. The monoisotopic (exact) mass is 295 g/mol. The fourth-order valence-corrected chi connectivity index (χ4v) is 3.72. The summed E-state index contributed by atoms with van der Waals surface area (Å²) in [6.45, 7) is 0. The van der Waals surface area contributed by atoms with Crippen LogP contribution in [0.4, 0.5) is 0 Å². The molecule has 1 saturated heterocycles. The van der Waals surface area contributed by atoms with Gasteiger partial charge in [0.25, 0.3) is 0 Å². The van der Waals surface area contributed by atoms with Crippen LogP contribution in [-0.2, 0) is 14.6 Å². The lowest BCUT2D eigenvalue weighted by molar-refractivity contribution is -0.116. The van der Waals surface area contributed by atoms with Gasteiger partial charge in [0.2, 0.25) is 5.91 Å². The summed E-state index contributed by atoms with van der Waals surface area (Å²) in [6, 6.07) is 7.01. The Labute approximate surface area is 118 Å². The average Bonchev–Trinajstić information content (AvgIpc) is 2.76. The highest BCUT2D eigenvalue weighted by Gasteiger charge is 2.28. The number of carbonyl (C=O) groups is 1. The molecule has 0 aromatic heterocycles. The van der Waals surface area contributed by atoms with Crippen molar-refractivity contribution in [3.63, 3.8) is 0 Å². The predicted molar refractivity (Wildman–Crippen MR) is 77.2 cm³/mol. The summed E-state index contributed by atoms with van der Waals surface area (Å²) in [5, 5.41) is 2.70. The van der Waals surface area contributed by atoms with Crippen molar-refractivity contribution in [2.75, 3.05) is 18.6 Å². The first-order valence-corrected chi connectivity index (χ1v) is 8.14. The van der Waals surface area contributed by atoms with Gasteiger partial charge in [0.15, 0.2) is 9.84 Å². The van der Waals surface area contributed by atoms with E-state index in [4.69, 9.17) is 4.74 Å². The maximum atomic E-state index is 11.7. The molecule has 1 N–H and O–H groups in total. The quantitative estimate of drug-likeness (QED) is 0.842. The van der Waals surface area contributed by atoms with E-state index in [2.05, 4.69) is 5.32 Å². The lowest BCUT2D eigenvalue weighted by Crippen LogP contribution is -2.34. The molecule has 6 heteroatoms. The number of benzene rings is 1. The lowest BCUT2D eigenvalue weighted by Gasteiger charge is -2.07. The van der Waals surface area contributed by atoms with Crippen molar-refractivity contribution >= 4 is 21.8 Å². The van der Waals surface area contributed by atoms with Crippen LogP contribution in [0.1, 0.15) is 12.0 Å². The first kappa shape index (κ1) is 14.6. The van der Waals surface area contributed by atoms with Gasteiger partial charge in [-0.25, -0.2) is 8.42 Å². The van der Waals surface area contributed by atoms with E-state index in [0.717, 1.165) is 11.3 Å². The maximum absolute atomic E-state index is 11.7. The summed E-state index contributed by atoms with van der Waals surface area (Å²) in [4.78, 5) is 11.7. The van der Waals surface area contributed by atoms with Crippen LogP contribution in [0.5, 0.6) is 5.75 Å². The van der Waals surface area contributed by atoms with E-state index in [1.807, 2.05) is 12.1 Å². The minimum absolute atomic E-state index is 0.0368. The van der Waals surface area contributed by atoms with E-state index >= 15 is 0 Å². The fourth-order valence-electron chi connectivity index (χ4n) is 2.05. The van der Waals surface area contributed by atoms with Gasteiger partial charge in [0.1, 0.15) is 5.75 Å². The van der Waals surface area contributed by atoms with Gasteiger partial charge in [-0.3, -0.25) is 4.79 Å². The molecule has 1 aromatic carbocycles. The van der Waals surface area contributed by atoms with E-state index in [-0.39, 0.29) is 23.5 Å². The molecule has 0 unspecified atom stereocenters. The van der Waals surface area contributed by atoms with Gasteiger partial charge in [-0.05, 0) is 30.2 Å². The number of ether oxygens (including phenoxy) is 1. The smallest absolute Gasteiger partial charge is 0.244 e. The number of nitrogens with one attached hydrogen (secondary N) is 1. The van der Waals surface area contributed by atoms with Gasteiger partial charge in [-0.15, -0.1) is 0 Å². The second-order valence-corrected chi connectivity index (χ2v) is 6.94. The zero-order valence-electron chi connectivity index (χ0n) is 11.2. The summed E-state index contributed by atoms with van der Waals surface area (Å²) in [6.07, 6.45) is 3.58. The molecule has 5 nitrogen and oxygen atoms in total. The van der Waals surface area contributed by atoms with Crippen LogP contribution in [0.2, 0.25) is 0 Å². The average molecular weight is 295 g/mol. The molecule has 1 aromatic rings. The first-order chi connectivity index (χ1) is 9.48. The lowest BCUT2D eigenvalue weighted by atomic mass is 10.2. The summed E-state index contributed by atoms with van der Waals surface area (Å²) in [5.41, 5.74) is 0.875. The Kier molecular flexibility index (Phi) is 4.44. The van der Waals surface area contributed by atoms with Crippen molar-refractivity contribution < 1.29 is 17.9 Å². The van der Waals surface area contributed by atoms with Gasteiger partial charge in [0.05, 0.1) is 18.6 Å². The molecule has 1 fully saturated rings. The number of rotatable bonds is 4. The van der Waals surface area contributed by atoms with Crippen molar-refractivity contribution in [1.29, 1.82) is 0 Å². The topological polar surface area (TPSA) is 72.5 Å². The molecule has 0 aliphatic carbocycles. The molecule has 2 rings (SSSR count). The highest BCUT2D eigenvalue weighted by Crippen LogP contribution is 2.13. The minimum Gasteiger partial charge on any atom is -0.497 e. The highest BCUT2D eigenvalue weighted by molar-refractivity contribution is 7.91. The number of hydrogen-bond acceptors (Lipinski definition) is 4. The first-order valence-electron chi connectivity index (χ1n) is 6.31. The fraction of sp³-hybridized carbons (Fsp3) is 0.357. The van der Waals surface area contributed by atoms with Crippen molar-refractivity contribution in [2.24, 2.45) is 0 Å². The summed E-state index contributed by atoms with van der Waals surface area (Å²) < 4.78 is 27.6. The van der Waals surface area contributed by atoms with E-state index < -0.39 is 9.84 Å². The van der Waals surface area contributed by atoms with E-state index in [9.17, 15) is 13.2 Å². The maximum Gasteiger partial charge on any atom is 0.244 e. The van der Waals surface area contributed by atoms with Crippen molar-refractivity contribution in [1.82, 2.24) is 5.32 Å². The van der Waals surface area contributed by atoms with Crippen LogP contribution < -0.4 is 10.1 Å². The third-order valence-corrected chi connectivity index (χ3v) is 4.89. The Balaban J connectivity index is 1.89. The van der Waals surface area contributed by atoms with E-state index in [1.54, 1.807) is 25.3 Å². The van der Waals surface area contributed by atoms with Crippen LogP contribution in [-0.4, -0.2) is 39.0 Å². The molecule has 0 bridgehead atoms. The standard InChI is InChI=1S/C14H17NO4S/c1-19-13-5-2-11(3-6-13)4-7-14(16)15-12-8-9-20(17,18)10-12/h2-7,12H,8-10H2,1H3,(H,15,16)/b7-4+/t12-/m1/s1. The second kappa shape index (κ2) is 6.09. The molecule has 0 spiro atoms. The summed E-state index contributed by atoms with van der Waals surface area (Å²) >= 11 is 0. The molecule has 0 saturated carbocycles. The summed E-state index contributed by atoms with van der Waals surface area (Å²) in [5.74, 6) is 0.667. The molecular formula is C14H17NO4S. The number of sulfone groups is 1. The number of carbonyl (C=O) groups excluding carboxylic acids is 1. The third-order valence-electron chi connectivity index (χ3n) is 3.12. The zero-order chi connectivity index (χ0) is 14.6. The molecule has 1 atom stereocenters. The Morgan fingerprint density at radius 2 is 2.05 bits per heavy atom. The molecule has 1 heterocycles. The molecule has 1 aliphatic rings. The largest absolute Gasteiger partial charge is 0.497 e. The van der Waals surface area contributed by atoms with Crippen LogP contribution >= 0.6 is 0 Å². The SMILES string of the molecule is COc1ccc(/C=C/C(=O)N[C@@H]2CCS(=O)(=O)C2)cc1. The van der Waals surface area contributed by atoms with Crippen molar-refractivity contribution in [3.05, 3.63) is 35.9 Å². The Morgan fingerprint density at radius 1 is 1.35 bits per heavy atom. The van der Waals surface area contributed by atoms with Gasteiger partial charge >= 0.3 is 0 Å². The highest BCUT2D eigenvalue weighted by atomic mass is 32.2.